The van der Waals surface area contributed by atoms with E-state index >= 15 is 0 Å². The molecule has 0 heterocycles. The van der Waals surface area contributed by atoms with E-state index in [0.29, 0.717) is 6.42 Å². The maximum absolute atomic E-state index is 11.4. The number of rotatable bonds is 14. The molecule has 8 heteroatoms. The molecule has 0 aliphatic carbocycles. The second-order valence-electron chi connectivity index (χ2n) is 5.18. The van der Waals surface area contributed by atoms with Crippen LogP contribution in [0.2, 0.25) is 0 Å². The summed E-state index contributed by atoms with van der Waals surface area (Å²) in [6.07, 6.45) is 11.2. The van der Waals surface area contributed by atoms with Gasteiger partial charge in [0.15, 0.2) is 0 Å². The molecule has 1 amide bonds. The SMILES string of the molecule is CCCCCCCCCCCC(=O)NCCOS(=O)(=O)O.[Na]. The van der Waals surface area contributed by atoms with Gasteiger partial charge in [-0.15, -0.1) is 0 Å². The van der Waals surface area contributed by atoms with Gasteiger partial charge in [-0.25, -0.2) is 4.18 Å². The largest absolute Gasteiger partial charge is 0.397 e. The van der Waals surface area contributed by atoms with E-state index in [1.54, 1.807) is 0 Å². The zero-order valence-electron chi connectivity index (χ0n) is 14.0. The molecule has 0 saturated carbocycles. The van der Waals surface area contributed by atoms with Crippen molar-refractivity contribution in [1.29, 1.82) is 0 Å². The Morgan fingerprint density at radius 3 is 2.00 bits per heavy atom. The molecule has 6 nitrogen and oxygen atoms in total. The normalized spacial score (nSPS) is 11.0. The van der Waals surface area contributed by atoms with Crippen LogP contribution in [0, 0.1) is 0 Å². The van der Waals surface area contributed by atoms with Gasteiger partial charge in [-0.1, -0.05) is 58.3 Å². The van der Waals surface area contributed by atoms with Crippen LogP contribution < -0.4 is 5.32 Å². The summed E-state index contributed by atoms with van der Waals surface area (Å²) >= 11 is 0. The van der Waals surface area contributed by atoms with Gasteiger partial charge >= 0.3 is 10.4 Å². The zero-order valence-corrected chi connectivity index (χ0v) is 16.8. The van der Waals surface area contributed by atoms with Crippen LogP contribution in [-0.4, -0.2) is 61.6 Å². The molecule has 0 aromatic heterocycles. The molecule has 0 aromatic carbocycles. The maximum Gasteiger partial charge on any atom is 0.397 e. The molecule has 0 saturated heterocycles. The van der Waals surface area contributed by atoms with Crippen LogP contribution in [0.5, 0.6) is 0 Å². The van der Waals surface area contributed by atoms with Crippen LogP contribution in [0.3, 0.4) is 0 Å². The smallest absolute Gasteiger partial charge is 0.354 e. The molecule has 2 N–H and O–H groups in total. The Labute approximate surface area is 157 Å². The number of hydrogen-bond donors (Lipinski definition) is 2. The second kappa shape index (κ2) is 16.2. The van der Waals surface area contributed by atoms with Crippen LogP contribution in [0.15, 0.2) is 0 Å². The molecule has 127 valence electrons. The van der Waals surface area contributed by atoms with E-state index in [0.717, 1.165) is 19.3 Å². The summed E-state index contributed by atoms with van der Waals surface area (Å²) in [5, 5.41) is 2.54. The first kappa shape index (κ1) is 24.6. The topological polar surface area (TPSA) is 92.7 Å². The number of unbranched alkanes of at least 4 members (excludes halogenated alkanes) is 8. The molecule has 1 radical (unpaired) electrons. The molecular weight excluding hydrogens is 317 g/mol. The molecule has 0 fully saturated rings. The van der Waals surface area contributed by atoms with Gasteiger partial charge in [0, 0.05) is 42.5 Å². The number of hydrogen-bond acceptors (Lipinski definition) is 4. The fraction of sp³-hybridized carbons (Fsp3) is 0.929. The first-order valence-electron chi connectivity index (χ1n) is 7.84. The molecule has 0 rings (SSSR count). The second-order valence-corrected chi connectivity index (χ2v) is 6.27. The summed E-state index contributed by atoms with van der Waals surface area (Å²) in [6, 6.07) is 0. The standard InChI is InChI=1S/C14H29NO5S.Na/c1-2-3-4-5-6-7-8-9-10-11-14(16)15-12-13-20-21(17,18)19;/h2-13H2,1H3,(H,15,16)(H,17,18,19);. The molecular formula is C14H29NNaO5S. The summed E-state index contributed by atoms with van der Waals surface area (Å²) < 4.78 is 32.9. The van der Waals surface area contributed by atoms with Gasteiger partial charge < -0.3 is 5.32 Å². The van der Waals surface area contributed by atoms with Gasteiger partial charge in [-0.3, -0.25) is 9.35 Å². The van der Waals surface area contributed by atoms with Gasteiger partial charge in [0.05, 0.1) is 6.61 Å². The molecule has 0 bridgehead atoms. The zero-order chi connectivity index (χ0) is 16.0. The Hall–Kier alpha value is 0.340. The van der Waals surface area contributed by atoms with E-state index < -0.39 is 10.4 Å². The predicted octanol–water partition coefficient (Wildman–Crippen LogP) is 2.46. The van der Waals surface area contributed by atoms with E-state index in [4.69, 9.17) is 4.55 Å². The number of carbonyl (C=O) groups is 1. The average molecular weight is 346 g/mol. The van der Waals surface area contributed by atoms with Crippen molar-refractivity contribution in [3.8, 4) is 0 Å². The van der Waals surface area contributed by atoms with Crippen LogP contribution in [0.1, 0.15) is 71.1 Å². The van der Waals surface area contributed by atoms with E-state index in [2.05, 4.69) is 16.4 Å². The Bertz CT molecular complexity index is 362. The third-order valence-electron chi connectivity index (χ3n) is 3.16. The van der Waals surface area contributed by atoms with E-state index in [9.17, 15) is 13.2 Å². The van der Waals surface area contributed by atoms with Gasteiger partial charge in [0.1, 0.15) is 0 Å². The minimum atomic E-state index is -4.41. The van der Waals surface area contributed by atoms with Crippen molar-refractivity contribution in [3.63, 3.8) is 0 Å². The first-order valence-corrected chi connectivity index (χ1v) is 9.20. The Morgan fingerprint density at radius 2 is 1.50 bits per heavy atom. The predicted molar refractivity (Wildman–Crippen MR) is 88.1 cm³/mol. The van der Waals surface area contributed by atoms with E-state index in [1.165, 1.54) is 38.5 Å². The van der Waals surface area contributed by atoms with Crippen molar-refractivity contribution in [2.45, 2.75) is 71.1 Å². The summed E-state index contributed by atoms with van der Waals surface area (Å²) in [5.41, 5.74) is 0. The van der Waals surface area contributed by atoms with E-state index in [-0.39, 0.29) is 48.6 Å². The van der Waals surface area contributed by atoms with Crippen LogP contribution in [0.4, 0.5) is 0 Å². The van der Waals surface area contributed by atoms with Gasteiger partial charge in [-0.2, -0.15) is 8.42 Å². The Kier molecular flexibility index (Phi) is 18.1. The molecule has 0 unspecified atom stereocenters. The number of carbonyl (C=O) groups excluding carboxylic acids is 1. The van der Waals surface area contributed by atoms with Crippen LogP contribution in [-0.2, 0) is 19.4 Å². The Morgan fingerprint density at radius 1 is 1.00 bits per heavy atom. The van der Waals surface area contributed by atoms with Gasteiger partial charge in [-0.05, 0) is 6.42 Å². The number of amides is 1. The molecule has 22 heavy (non-hydrogen) atoms. The fourth-order valence-electron chi connectivity index (χ4n) is 2.02. The van der Waals surface area contributed by atoms with Crippen molar-refractivity contribution >= 4 is 45.9 Å². The van der Waals surface area contributed by atoms with Crippen LogP contribution in [0.25, 0.3) is 0 Å². The molecule has 0 atom stereocenters. The minimum Gasteiger partial charge on any atom is -0.354 e. The first-order chi connectivity index (χ1) is 9.95. The quantitative estimate of drug-likeness (QED) is 0.286. The van der Waals surface area contributed by atoms with Crippen molar-refractivity contribution in [2.75, 3.05) is 13.2 Å². The average Bonchev–Trinajstić information content (AvgIpc) is 2.41. The van der Waals surface area contributed by atoms with Gasteiger partial charge in [0.25, 0.3) is 0 Å². The van der Waals surface area contributed by atoms with Crippen molar-refractivity contribution < 1.29 is 21.9 Å². The van der Waals surface area contributed by atoms with Gasteiger partial charge in [0.2, 0.25) is 5.91 Å². The van der Waals surface area contributed by atoms with E-state index in [1.807, 2.05) is 0 Å². The Balaban J connectivity index is 0. The van der Waals surface area contributed by atoms with Crippen LogP contribution >= 0.6 is 0 Å². The third-order valence-corrected chi connectivity index (χ3v) is 3.63. The maximum atomic E-state index is 11.4. The fourth-order valence-corrected chi connectivity index (χ4v) is 2.32. The van der Waals surface area contributed by atoms with Crippen molar-refractivity contribution in [1.82, 2.24) is 5.32 Å². The molecule has 0 aromatic rings. The van der Waals surface area contributed by atoms with Crippen molar-refractivity contribution in [3.05, 3.63) is 0 Å². The molecule has 0 aliphatic heterocycles. The summed E-state index contributed by atoms with van der Waals surface area (Å²) in [5.74, 6) is -0.114. The van der Waals surface area contributed by atoms with Crippen molar-refractivity contribution in [2.24, 2.45) is 0 Å². The molecule has 0 spiro atoms. The monoisotopic (exact) mass is 346 g/mol. The minimum absolute atomic E-state index is 0. The summed E-state index contributed by atoms with van der Waals surface area (Å²) in [7, 11) is -4.41. The third kappa shape index (κ3) is 20.3. The number of nitrogens with one attached hydrogen (secondary N) is 1. The summed E-state index contributed by atoms with van der Waals surface area (Å²) in [4.78, 5) is 11.4. The molecule has 0 aliphatic rings. The summed E-state index contributed by atoms with van der Waals surface area (Å²) in [6.45, 7) is 2.04.